The lowest BCUT2D eigenvalue weighted by Gasteiger charge is -2.07. The zero-order valence-electron chi connectivity index (χ0n) is 15.3. The molecule has 2 aromatic rings. The van der Waals surface area contributed by atoms with E-state index in [1.54, 1.807) is 0 Å². The number of aromatic nitrogens is 2. The Morgan fingerprint density at radius 3 is 2.50 bits per heavy atom. The van der Waals surface area contributed by atoms with E-state index >= 15 is 0 Å². The van der Waals surface area contributed by atoms with Gasteiger partial charge in [-0.3, -0.25) is 5.10 Å². The quantitative estimate of drug-likeness (QED) is 0.580. The van der Waals surface area contributed by atoms with Gasteiger partial charge in [0.15, 0.2) is 0 Å². The van der Waals surface area contributed by atoms with Crippen LogP contribution in [-0.2, 0) is 6.54 Å². The minimum atomic E-state index is 0.803. The van der Waals surface area contributed by atoms with Gasteiger partial charge in [-0.2, -0.15) is 5.10 Å². The number of nitrogens with zero attached hydrogens (tertiary/aromatic N) is 1. The highest BCUT2D eigenvalue weighted by Gasteiger charge is 2.10. The maximum Gasteiger partial charge on any atom is 0.119 e. The van der Waals surface area contributed by atoms with Crippen LogP contribution in [0.25, 0.3) is 11.3 Å². The van der Waals surface area contributed by atoms with Gasteiger partial charge in [0, 0.05) is 12.1 Å². The summed E-state index contributed by atoms with van der Waals surface area (Å²) < 4.78 is 5.83. The number of benzene rings is 1. The molecule has 0 atom stereocenters. The van der Waals surface area contributed by atoms with Crippen LogP contribution in [-0.4, -0.2) is 23.3 Å². The van der Waals surface area contributed by atoms with Crippen LogP contribution in [0.2, 0.25) is 0 Å². The van der Waals surface area contributed by atoms with E-state index in [1.165, 1.54) is 31.2 Å². The Kier molecular flexibility index (Phi) is 7.83. The van der Waals surface area contributed by atoms with E-state index in [4.69, 9.17) is 4.74 Å². The molecule has 2 rings (SSSR count). The highest BCUT2D eigenvalue weighted by atomic mass is 16.5. The lowest BCUT2D eigenvalue weighted by molar-refractivity contribution is 0.304. The third-order valence-corrected chi connectivity index (χ3v) is 4.31. The lowest BCUT2D eigenvalue weighted by Crippen LogP contribution is -2.12. The van der Waals surface area contributed by atoms with Gasteiger partial charge in [-0.1, -0.05) is 39.5 Å². The first kappa shape index (κ1) is 18.5. The topological polar surface area (TPSA) is 49.9 Å². The second kappa shape index (κ2) is 10.1. The molecule has 0 radical (unpaired) electrons. The van der Waals surface area contributed by atoms with Crippen molar-refractivity contribution in [3.05, 3.63) is 35.5 Å². The Labute approximate surface area is 146 Å². The fourth-order valence-corrected chi connectivity index (χ4v) is 2.74. The number of H-pyrrole nitrogens is 1. The highest BCUT2D eigenvalue weighted by molar-refractivity contribution is 5.64. The molecule has 0 fully saturated rings. The van der Waals surface area contributed by atoms with Gasteiger partial charge in [0.05, 0.1) is 18.0 Å². The largest absolute Gasteiger partial charge is 0.494 e. The third kappa shape index (κ3) is 5.38. The van der Waals surface area contributed by atoms with Gasteiger partial charge in [-0.05, 0) is 49.7 Å². The number of hydrogen-bond acceptors (Lipinski definition) is 3. The van der Waals surface area contributed by atoms with Crippen molar-refractivity contribution in [1.29, 1.82) is 0 Å². The Hall–Kier alpha value is -1.81. The fraction of sp³-hybridized carbons (Fsp3) is 0.550. The summed E-state index contributed by atoms with van der Waals surface area (Å²) >= 11 is 0. The molecule has 4 nitrogen and oxygen atoms in total. The predicted octanol–water partition coefficient (Wildman–Crippen LogP) is 4.84. The monoisotopic (exact) mass is 329 g/mol. The summed E-state index contributed by atoms with van der Waals surface area (Å²) in [6.45, 7) is 9.05. The van der Waals surface area contributed by atoms with Crippen LogP contribution in [0.4, 0.5) is 0 Å². The normalized spacial score (nSPS) is 11.0. The van der Waals surface area contributed by atoms with E-state index < -0.39 is 0 Å². The maximum atomic E-state index is 5.83. The number of aromatic amines is 1. The smallest absolute Gasteiger partial charge is 0.119 e. The number of ether oxygens (including phenoxy) is 1. The molecule has 0 saturated carbocycles. The molecular weight excluding hydrogens is 298 g/mol. The van der Waals surface area contributed by atoms with Gasteiger partial charge in [0.25, 0.3) is 0 Å². The van der Waals surface area contributed by atoms with E-state index in [1.807, 2.05) is 12.1 Å². The first-order valence-electron chi connectivity index (χ1n) is 9.24. The molecule has 0 amide bonds. The molecule has 4 heteroatoms. The molecule has 0 aliphatic rings. The number of nitrogens with one attached hydrogen (secondary N) is 2. The van der Waals surface area contributed by atoms with Crippen molar-refractivity contribution in [2.24, 2.45) is 0 Å². The molecule has 0 saturated heterocycles. The summed E-state index contributed by atoms with van der Waals surface area (Å²) in [4.78, 5) is 0. The van der Waals surface area contributed by atoms with Crippen LogP contribution in [0.15, 0.2) is 24.3 Å². The van der Waals surface area contributed by atoms with Gasteiger partial charge in [-0.25, -0.2) is 0 Å². The SMILES string of the molecule is CCCCCCCOc1ccc(-c2n[nH]c(CNCC)c2C)cc1. The average molecular weight is 329 g/mol. The predicted molar refractivity (Wildman–Crippen MR) is 100 cm³/mol. The van der Waals surface area contributed by atoms with Crippen molar-refractivity contribution >= 4 is 0 Å². The zero-order valence-corrected chi connectivity index (χ0v) is 15.3. The number of hydrogen-bond donors (Lipinski definition) is 2. The summed E-state index contributed by atoms with van der Waals surface area (Å²) in [5, 5.41) is 10.9. The summed E-state index contributed by atoms with van der Waals surface area (Å²) in [5.74, 6) is 0.940. The minimum Gasteiger partial charge on any atom is -0.494 e. The average Bonchev–Trinajstić information content (AvgIpc) is 2.97. The molecule has 0 unspecified atom stereocenters. The Morgan fingerprint density at radius 2 is 1.79 bits per heavy atom. The molecule has 1 aromatic heterocycles. The first-order valence-corrected chi connectivity index (χ1v) is 9.24. The van der Waals surface area contributed by atoms with Crippen LogP contribution in [0, 0.1) is 6.92 Å². The number of unbranched alkanes of at least 4 members (excludes halogenated alkanes) is 4. The second-order valence-corrected chi connectivity index (χ2v) is 6.24. The van der Waals surface area contributed by atoms with Crippen LogP contribution in [0.1, 0.15) is 57.2 Å². The molecule has 132 valence electrons. The van der Waals surface area contributed by atoms with Crippen molar-refractivity contribution in [2.75, 3.05) is 13.2 Å². The Bertz CT molecular complexity index is 589. The standard InChI is InChI=1S/C20H31N3O/c1-4-6-7-8-9-14-24-18-12-10-17(11-13-18)20-16(3)19(22-23-20)15-21-5-2/h10-13,21H,4-9,14-15H2,1-3H3,(H,22,23). The molecule has 2 N–H and O–H groups in total. The molecule has 0 aliphatic carbocycles. The lowest BCUT2D eigenvalue weighted by atomic mass is 10.1. The van der Waals surface area contributed by atoms with Crippen molar-refractivity contribution in [2.45, 2.75) is 59.4 Å². The molecule has 0 aliphatic heterocycles. The summed E-state index contributed by atoms with van der Waals surface area (Å²) in [6, 6.07) is 8.26. The van der Waals surface area contributed by atoms with E-state index in [-0.39, 0.29) is 0 Å². The Balaban J connectivity index is 1.86. The van der Waals surface area contributed by atoms with Gasteiger partial charge >= 0.3 is 0 Å². The van der Waals surface area contributed by atoms with E-state index in [0.29, 0.717) is 0 Å². The number of rotatable bonds is 11. The molecular formula is C20H31N3O. The molecule has 1 aromatic carbocycles. The summed E-state index contributed by atoms with van der Waals surface area (Å²) in [5.41, 5.74) is 4.51. The molecule has 0 spiro atoms. The van der Waals surface area contributed by atoms with Crippen molar-refractivity contribution in [1.82, 2.24) is 15.5 Å². The summed E-state index contributed by atoms with van der Waals surface area (Å²) in [6.07, 6.45) is 6.31. The van der Waals surface area contributed by atoms with Gasteiger partial charge in [-0.15, -0.1) is 0 Å². The highest BCUT2D eigenvalue weighted by Crippen LogP contribution is 2.25. The van der Waals surface area contributed by atoms with Crippen LogP contribution in [0.3, 0.4) is 0 Å². The van der Waals surface area contributed by atoms with E-state index in [0.717, 1.165) is 48.8 Å². The first-order chi connectivity index (χ1) is 11.8. The van der Waals surface area contributed by atoms with Crippen molar-refractivity contribution < 1.29 is 4.74 Å². The van der Waals surface area contributed by atoms with Gasteiger partial charge in [0.2, 0.25) is 0 Å². The van der Waals surface area contributed by atoms with Crippen molar-refractivity contribution in [3.63, 3.8) is 0 Å². The van der Waals surface area contributed by atoms with Gasteiger partial charge < -0.3 is 10.1 Å². The van der Waals surface area contributed by atoms with Crippen LogP contribution < -0.4 is 10.1 Å². The molecule has 0 bridgehead atoms. The van der Waals surface area contributed by atoms with Gasteiger partial charge in [0.1, 0.15) is 5.75 Å². The maximum absolute atomic E-state index is 5.83. The van der Waals surface area contributed by atoms with Crippen molar-refractivity contribution in [3.8, 4) is 17.0 Å². The molecule has 24 heavy (non-hydrogen) atoms. The van der Waals surface area contributed by atoms with Crippen LogP contribution in [0.5, 0.6) is 5.75 Å². The van der Waals surface area contributed by atoms with E-state index in [9.17, 15) is 0 Å². The zero-order chi connectivity index (χ0) is 17.2. The third-order valence-electron chi connectivity index (χ3n) is 4.31. The van der Waals surface area contributed by atoms with E-state index in [2.05, 4.69) is 48.4 Å². The van der Waals surface area contributed by atoms with Crippen LogP contribution >= 0.6 is 0 Å². The fourth-order valence-electron chi connectivity index (χ4n) is 2.74. The second-order valence-electron chi connectivity index (χ2n) is 6.24. The summed E-state index contributed by atoms with van der Waals surface area (Å²) in [7, 11) is 0. The Morgan fingerprint density at radius 1 is 1.04 bits per heavy atom. The molecule has 1 heterocycles. The minimum absolute atomic E-state index is 0.803.